The lowest BCUT2D eigenvalue weighted by molar-refractivity contribution is -0.146. The number of likely N-dealkylation sites (tertiary alicyclic amines) is 1. The summed E-state index contributed by atoms with van der Waals surface area (Å²) in [5.74, 6) is 0.655. The van der Waals surface area contributed by atoms with Crippen LogP contribution in [0.3, 0.4) is 0 Å². The topological polar surface area (TPSA) is 75.8 Å². The van der Waals surface area contributed by atoms with E-state index in [1.807, 2.05) is 4.90 Å². The SMILES string of the molecule is NCC1(C(=O)N2CCC(CCO)C2)CCOCC1. The van der Waals surface area contributed by atoms with Gasteiger partial charge in [0.1, 0.15) is 0 Å². The van der Waals surface area contributed by atoms with Crippen LogP contribution in [0.2, 0.25) is 0 Å². The fourth-order valence-electron chi connectivity index (χ4n) is 3.04. The molecule has 0 saturated carbocycles. The Labute approximate surface area is 108 Å². The fraction of sp³-hybridized carbons (Fsp3) is 0.923. The Kier molecular flexibility index (Phi) is 4.59. The standard InChI is InChI=1S/C13H24N2O3/c14-10-13(3-7-18-8-4-13)12(17)15-5-1-11(9-15)2-6-16/h11,16H,1-10,14H2. The number of rotatable bonds is 4. The average Bonchev–Trinajstić information content (AvgIpc) is 2.87. The maximum atomic E-state index is 12.6. The summed E-state index contributed by atoms with van der Waals surface area (Å²) < 4.78 is 5.34. The highest BCUT2D eigenvalue weighted by Gasteiger charge is 2.42. The van der Waals surface area contributed by atoms with Crippen molar-refractivity contribution < 1.29 is 14.6 Å². The molecule has 2 fully saturated rings. The van der Waals surface area contributed by atoms with Gasteiger partial charge in [-0.05, 0) is 31.6 Å². The van der Waals surface area contributed by atoms with Crippen molar-refractivity contribution in [3.8, 4) is 0 Å². The molecule has 0 radical (unpaired) electrons. The van der Waals surface area contributed by atoms with Crippen LogP contribution in [-0.4, -0.2) is 55.4 Å². The lowest BCUT2D eigenvalue weighted by Crippen LogP contribution is -2.50. The molecule has 5 heteroatoms. The molecule has 2 aliphatic rings. The van der Waals surface area contributed by atoms with Crippen LogP contribution in [-0.2, 0) is 9.53 Å². The molecule has 104 valence electrons. The summed E-state index contributed by atoms with van der Waals surface area (Å²) in [5.41, 5.74) is 5.46. The monoisotopic (exact) mass is 256 g/mol. The van der Waals surface area contributed by atoms with Crippen LogP contribution in [0.25, 0.3) is 0 Å². The maximum absolute atomic E-state index is 12.6. The molecule has 3 N–H and O–H groups in total. The lowest BCUT2D eigenvalue weighted by atomic mass is 9.79. The molecular weight excluding hydrogens is 232 g/mol. The summed E-state index contributed by atoms with van der Waals surface area (Å²) in [5, 5.41) is 8.96. The second kappa shape index (κ2) is 5.99. The van der Waals surface area contributed by atoms with Crippen molar-refractivity contribution in [2.75, 3.05) is 39.5 Å². The number of carbonyl (C=O) groups excluding carboxylic acids is 1. The Morgan fingerprint density at radius 1 is 1.44 bits per heavy atom. The van der Waals surface area contributed by atoms with Gasteiger partial charge in [0.05, 0.1) is 5.41 Å². The highest BCUT2D eigenvalue weighted by molar-refractivity contribution is 5.83. The number of aliphatic hydroxyl groups is 1. The minimum atomic E-state index is -0.396. The van der Waals surface area contributed by atoms with Crippen LogP contribution in [0.15, 0.2) is 0 Å². The van der Waals surface area contributed by atoms with E-state index in [-0.39, 0.29) is 12.5 Å². The van der Waals surface area contributed by atoms with E-state index in [2.05, 4.69) is 0 Å². The first-order valence-corrected chi connectivity index (χ1v) is 6.90. The molecular formula is C13H24N2O3. The Bertz CT molecular complexity index is 290. The highest BCUT2D eigenvalue weighted by atomic mass is 16.5. The van der Waals surface area contributed by atoms with Gasteiger partial charge in [-0.3, -0.25) is 4.79 Å². The summed E-state index contributed by atoms with van der Waals surface area (Å²) >= 11 is 0. The highest BCUT2D eigenvalue weighted by Crippen LogP contribution is 2.33. The van der Waals surface area contributed by atoms with E-state index >= 15 is 0 Å². The summed E-state index contributed by atoms with van der Waals surface area (Å²) in [7, 11) is 0. The molecule has 2 saturated heterocycles. The summed E-state index contributed by atoms with van der Waals surface area (Å²) in [6, 6.07) is 0. The number of carbonyl (C=O) groups is 1. The smallest absolute Gasteiger partial charge is 0.230 e. The van der Waals surface area contributed by atoms with Crippen molar-refractivity contribution in [3.05, 3.63) is 0 Å². The van der Waals surface area contributed by atoms with Crippen LogP contribution in [0, 0.1) is 11.3 Å². The molecule has 2 rings (SSSR count). The fourth-order valence-corrected chi connectivity index (χ4v) is 3.04. The number of amides is 1. The molecule has 0 aromatic rings. The molecule has 2 aliphatic heterocycles. The maximum Gasteiger partial charge on any atom is 0.230 e. The number of hydrogen-bond acceptors (Lipinski definition) is 4. The zero-order valence-corrected chi connectivity index (χ0v) is 10.9. The molecule has 0 aromatic carbocycles. The van der Waals surface area contributed by atoms with Crippen molar-refractivity contribution in [3.63, 3.8) is 0 Å². The number of nitrogens with two attached hydrogens (primary N) is 1. The first-order valence-electron chi connectivity index (χ1n) is 6.90. The predicted molar refractivity (Wildman–Crippen MR) is 67.9 cm³/mol. The molecule has 1 atom stereocenters. The van der Waals surface area contributed by atoms with E-state index in [4.69, 9.17) is 15.6 Å². The third-order valence-corrected chi connectivity index (χ3v) is 4.40. The van der Waals surface area contributed by atoms with E-state index in [9.17, 15) is 4.79 Å². The first kappa shape index (κ1) is 13.8. The van der Waals surface area contributed by atoms with E-state index in [0.717, 1.165) is 38.8 Å². The van der Waals surface area contributed by atoms with Crippen LogP contribution < -0.4 is 5.73 Å². The van der Waals surface area contributed by atoms with Gasteiger partial charge < -0.3 is 20.5 Å². The number of ether oxygens (including phenoxy) is 1. The Morgan fingerprint density at radius 2 is 2.17 bits per heavy atom. The number of aliphatic hydroxyl groups excluding tert-OH is 1. The zero-order valence-electron chi connectivity index (χ0n) is 10.9. The molecule has 0 aromatic heterocycles. The van der Waals surface area contributed by atoms with Crippen LogP contribution in [0.4, 0.5) is 0 Å². The zero-order chi connectivity index (χ0) is 13.0. The molecule has 0 aliphatic carbocycles. The first-order chi connectivity index (χ1) is 8.72. The molecule has 0 spiro atoms. The Balaban J connectivity index is 1.97. The minimum Gasteiger partial charge on any atom is -0.396 e. The summed E-state index contributed by atoms with van der Waals surface area (Å²) in [4.78, 5) is 14.6. The van der Waals surface area contributed by atoms with Gasteiger partial charge in [-0.2, -0.15) is 0 Å². The molecule has 1 amide bonds. The van der Waals surface area contributed by atoms with Crippen molar-refractivity contribution in [1.82, 2.24) is 4.90 Å². The quantitative estimate of drug-likeness (QED) is 0.741. The molecule has 5 nitrogen and oxygen atoms in total. The normalized spacial score (nSPS) is 27.4. The molecule has 2 heterocycles. The van der Waals surface area contributed by atoms with Gasteiger partial charge in [0.15, 0.2) is 0 Å². The van der Waals surface area contributed by atoms with Gasteiger partial charge in [0.2, 0.25) is 5.91 Å². The second-order valence-electron chi connectivity index (χ2n) is 5.51. The lowest BCUT2D eigenvalue weighted by Gasteiger charge is -2.37. The van der Waals surface area contributed by atoms with Gasteiger partial charge in [-0.15, -0.1) is 0 Å². The van der Waals surface area contributed by atoms with Gasteiger partial charge in [-0.1, -0.05) is 0 Å². The van der Waals surface area contributed by atoms with Gasteiger partial charge in [-0.25, -0.2) is 0 Å². The van der Waals surface area contributed by atoms with Crippen LogP contribution in [0.5, 0.6) is 0 Å². The van der Waals surface area contributed by atoms with Crippen LogP contribution >= 0.6 is 0 Å². The summed E-state index contributed by atoms with van der Waals surface area (Å²) in [6.45, 7) is 3.49. The largest absolute Gasteiger partial charge is 0.396 e. The molecule has 1 unspecified atom stereocenters. The van der Waals surface area contributed by atoms with Gasteiger partial charge in [0.25, 0.3) is 0 Å². The molecule has 18 heavy (non-hydrogen) atoms. The number of nitrogens with zero attached hydrogens (tertiary/aromatic N) is 1. The van der Waals surface area contributed by atoms with Gasteiger partial charge >= 0.3 is 0 Å². The van der Waals surface area contributed by atoms with Gasteiger partial charge in [0, 0.05) is 39.5 Å². The second-order valence-corrected chi connectivity index (χ2v) is 5.51. The van der Waals surface area contributed by atoms with Crippen molar-refractivity contribution in [2.24, 2.45) is 17.1 Å². The Morgan fingerprint density at radius 3 is 2.78 bits per heavy atom. The summed E-state index contributed by atoms with van der Waals surface area (Å²) in [6.07, 6.45) is 3.28. The van der Waals surface area contributed by atoms with E-state index in [1.54, 1.807) is 0 Å². The van der Waals surface area contributed by atoms with E-state index in [1.165, 1.54) is 0 Å². The van der Waals surface area contributed by atoms with Crippen molar-refractivity contribution in [2.45, 2.75) is 25.7 Å². The number of hydrogen-bond donors (Lipinski definition) is 2. The Hall–Kier alpha value is -0.650. The molecule has 0 bridgehead atoms. The third kappa shape index (κ3) is 2.68. The van der Waals surface area contributed by atoms with E-state index < -0.39 is 5.41 Å². The van der Waals surface area contributed by atoms with E-state index in [0.29, 0.717) is 25.7 Å². The van der Waals surface area contributed by atoms with Crippen molar-refractivity contribution in [1.29, 1.82) is 0 Å². The average molecular weight is 256 g/mol. The van der Waals surface area contributed by atoms with Crippen molar-refractivity contribution >= 4 is 5.91 Å². The third-order valence-electron chi connectivity index (χ3n) is 4.40. The van der Waals surface area contributed by atoms with Crippen LogP contribution in [0.1, 0.15) is 25.7 Å². The minimum absolute atomic E-state index is 0.203. The predicted octanol–water partition coefficient (Wildman–Crippen LogP) is -0.0272.